The molecule has 2 aromatic rings. The third kappa shape index (κ3) is 3.70. The molecule has 0 fully saturated rings. The molecule has 30 heavy (non-hydrogen) atoms. The van der Waals surface area contributed by atoms with E-state index in [0.717, 1.165) is 18.2 Å². The Bertz CT molecular complexity index is 1070. The number of carbonyl (C=O) groups is 1. The SMILES string of the molecule is COC(=O)c1ccc(C2=NOC(c3cc(Cl)cc([N+](=O)[O-])c3)(C(F)(F)F)C2)cc1C. The van der Waals surface area contributed by atoms with Gasteiger partial charge in [-0.2, -0.15) is 13.2 Å². The summed E-state index contributed by atoms with van der Waals surface area (Å²) in [6, 6.07) is 7.00. The summed E-state index contributed by atoms with van der Waals surface area (Å²) in [6.07, 6.45) is -5.68. The Kier molecular flexibility index (Phi) is 5.46. The van der Waals surface area contributed by atoms with E-state index in [4.69, 9.17) is 16.4 Å². The summed E-state index contributed by atoms with van der Waals surface area (Å²) in [5, 5.41) is 14.4. The molecule has 11 heteroatoms. The van der Waals surface area contributed by atoms with E-state index in [1.807, 2.05) is 0 Å². The molecule has 0 bridgehead atoms. The summed E-state index contributed by atoms with van der Waals surface area (Å²) in [5.74, 6) is -0.584. The van der Waals surface area contributed by atoms with Crippen molar-refractivity contribution in [3.63, 3.8) is 0 Å². The predicted octanol–water partition coefficient (Wildman–Crippen LogP) is 4.93. The molecule has 0 saturated carbocycles. The molecule has 158 valence electrons. The number of benzene rings is 2. The average molecular weight is 443 g/mol. The Hall–Kier alpha value is -3.14. The van der Waals surface area contributed by atoms with Crippen LogP contribution >= 0.6 is 11.6 Å². The van der Waals surface area contributed by atoms with Gasteiger partial charge in [0.15, 0.2) is 0 Å². The normalized spacial score (nSPS) is 18.5. The minimum absolute atomic E-state index is 0.0329. The van der Waals surface area contributed by atoms with Gasteiger partial charge in [-0.3, -0.25) is 10.1 Å². The highest BCUT2D eigenvalue weighted by molar-refractivity contribution is 6.30. The molecule has 0 aromatic heterocycles. The van der Waals surface area contributed by atoms with Crippen LogP contribution in [0.4, 0.5) is 18.9 Å². The molecule has 0 N–H and O–H groups in total. The van der Waals surface area contributed by atoms with Crippen molar-refractivity contribution < 1.29 is 32.5 Å². The Morgan fingerprint density at radius 1 is 1.30 bits per heavy atom. The van der Waals surface area contributed by atoms with Crippen LogP contribution in [0.3, 0.4) is 0 Å². The molecular weight excluding hydrogens is 429 g/mol. The maximum absolute atomic E-state index is 14.1. The maximum Gasteiger partial charge on any atom is 0.435 e. The Balaban J connectivity index is 2.03. The number of methoxy groups -OCH3 is 1. The van der Waals surface area contributed by atoms with Gasteiger partial charge in [0.05, 0.1) is 23.3 Å². The first-order chi connectivity index (χ1) is 14.0. The molecule has 1 atom stereocenters. The summed E-state index contributed by atoms with van der Waals surface area (Å²) in [6.45, 7) is 1.60. The van der Waals surface area contributed by atoms with E-state index >= 15 is 0 Å². The smallest absolute Gasteiger partial charge is 0.435 e. The van der Waals surface area contributed by atoms with Crippen LogP contribution in [0, 0.1) is 17.0 Å². The van der Waals surface area contributed by atoms with Gasteiger partial charge >= 0.3 is 12.1 Å². The van der Waals surface area contributed by atoms with Gasteiger partial charge in [-0.25, -0.2) is 4.79 Å². The van der Waals surface area contributed by atoms with Gasteiger partial charge in [0, 0.05) is 29.1 Å². The second-order valence-corrected chi connectivity index (χ2v) is 7.04. The molecule has 1 aliphatic rings. The number of alkyl halides is 3. The topological polar surface area (TPSA) is 91.0 Å². The first-order valence-corrected chi connectivity index (χ1v) is 8.83. The van der Waals surface area contributed by atoms with Crippen molar-refractivity contribution in [3.05, 3.63) is 73.8 Å². The van der Waals surface area contributed by atoms with Crippen LogP contribution in [0.5, 0.6) is 0 Å². The highest BCUT2D eigenvalue weighted by atomic mass is 35.5. The highest BCUT2D eigenvalue weighted by Gasteiger charge is 2.62. The van der Waals surface area contributed by atoms with Crippen LogP contribution in [0.2, 0.25) is 5.02 Å². The van der Waals surface area contributed by atoms with Crippen molar-refractivity contribution >= 4 is 29.0 Å². The van der Waals surface area contributed by atoms with Crippen molar-refractivity contribution in [2.45, 2.75) is 25.1 Å². The Labute approximate surface area is 173 Å². The molecule has 0 aliphatic carbocycles. The van der Waals surface area contributed by atoms with Gasteiger partial charge in [0.1, 0.15) is 0 Å². The van der Waals surface area contributed by atoms with Crippen molar-refractivity contribution in [3.8, 4) is 0 Å². The first kappa shape index (κ1) is 21.6. The number of aryl methyl sites for hydroxylation is 1. The molecule has 0 spiro atoms. The first-order valence-electron chi connectivity index (χ1n) is 8.45. The highest BCUT2D eigenvalue weighted by Crippen LogP contribution is 2.50. The number of carbonyl (C=O) groups excluding carboxylic acids is 1. The lowest BCUT2D eigenvalue weighted by atomic mass is 9.86. The Morgan fingerprint density at radius 2 is 2.00 bits per heavy atom. The van der Waals surface area contributed by atoms with Gasteiger partial charge in [-0.05, 0) is 36.2 Å². The van der Waals surface area contributed by atoms with E-state index in [1.54, 1.807) is 6.92 Å². The number of hydrogen-bond donors (Lipinski definition) is 0. The number of nitrogens with zero attached hydrogens (tertiary/aromatic N) is 2. The zero-order chi connectivity index (χ0) is 22.3. The van der Waals surface area contributed by atoms with Gasteiger partial charge in [0.25, 0.3) is 11.3 Å². The van der Waals surface area contributed by atoms with Gasteiger partial charge in [-0.1, -0.05) is 22.8 Å². The Morgan fingerprint density at radius 3 is 2.57 bits per heavy atom. The minimum Gasteiger partial charge on any atom is -0.465 e. The number of nitro groups is 1. The van der Waals surface area contributed by atoms with E-state index < -0.39 is 40.3 Å². The lowest BCUT2D eigenvalue weighted by Crippen LogP contribution is -2.42. The lowest BCUT2D eigenvalue weighted by molar-refractivity contribution is -0.385. The van der Waals surface area contributed by atoms with Gasteiger partial charge in [0.2, 0.25) is 0 Å². The number of rotatable bonds is 4. The van der Waals surface area contributed by atoms with E-state index in [-0.39, 0.29) is 16.3 Å². The molecule has 0 saturated heterocycles. The zero-order valence-corrected chi connectivity index (χ0v) is 16.4. The van der Waals surface area contributed by atoms with Crippen LogP contribution in [0.25, 0.3) is 0 Å². The van der Waals surface area contributed by atoms with Crippen molar-refractivity contribution in [1.82, 2.24) is 0 Å². The predicted molar refractivity (Wildman–Crippen MR) is 101 cm³/mol. The zero-order valence-electron chi connectivity index (χ0n) is 15.6. The van der Waals surface area contributed by atoms with Crippen LogP contribution in [-0.4, -0.2) is 29.9 Å². The maximum atomic E-state index is 14.1. The molecule has 7 nitrogen and oxygen atoms in total. The molecule has 3 rings (SSSR count). The third-order valence-corrected chi connectivity index (χ3v) is 4.93. The number of non-ortho nitro benzene ring substituents is 1. The van der Waals surface area contributed by atoms with E-state index in [1.165, 1.54) is 25.3 Å². The van der Waals surface area contributed by atoms with Gasteiger partial charge < -0.3 is 9.57 Å². The fourth-order valence-corrected chi connectivity index (χ4v) is 3.38. The summed E-state index contributed by atoms with van der Waals surface area (Å²) in [5.41, 5.74) is -3.06. The second kappa shape index (κ2) is 7.60. The number of ether oxygens (including phenoxy) is 1. The van der Waals surface area contributed by atoms with Crippen LogP contribution in [0.1, 0.15) is 33.5 Å². The minimum atomic E-state index is -4.95. The standard InChI is InChI=1S/C19H14ClF3N2O5/c1-10-5-11(3-4-15(10)17(26)29-2)16-9-18(30-24-16,19(21,22)23)12-6-13(20)8-14(7-12)25(27)28/h3-8H,9H2,1-2H3. The number of nitro benzene ring substituents is 1. The monoisotopic (exact) mass is 442 g/mol. The number of hydrogen-bond acceptors (Lipinski definition) is 6. The largest absolute Gasteiger partial charge is 0.465 e. The van der Waals surface area contributed by atoms with Crippen molar-refractivity contribution in [2.24, 2.45) is 5.16 Å². The molecule has 2 aromatic carbocycles. The number of oxime groups is 1. The lowest BCUT2D eigenvalue weighted by Gasteiger charge is -2.29. The number of halogens is 4. The fourth-order valence-electron chi connectivity index (χ4n) is 3.15. The van der Waals surface area contributed by atoms with Crippen molar-refractivity contribution in [2.75, 3.05) is 7.11 Å². The molecule has 1 heterocycles. The summed E-state index contributed by atoms with van der Waals surface area (Å²) in [4.78, 5) is 26.8. The molecule has 1 aliphatic heterocycles. The van der Waals surface area contributed by atoms with E-state index in [9.17, 15) is 28.1 Å². The molecule has 1 unspecified atom stereocenters. The summed E-state index contributed by atoms with van der Waals surface area (Å²) in [7, 11) is 1.21. The fraction of sp³-hybridized carbons (Fsp3) is 0.263. The van der Waals surface area contributed by atoms with Crippen LogP contribution < -0.4 is 0 Å². The quantitative estimate of drug-likeness (QED) is 0.380. The second-order valence-electron chi connectivity index (χ2n) is 6.61. The van der Waals surface area contributed by atoms with Crippen molar-refractivity contribution in [1.29, 1.82) is 0 Å². The van der Waals surface area contributed by atoms with Crippen LogP contribution in [-0.2, 0) is 15.2 Å². The van der Waals surface area contributed by atoms with Crippen LogP contribution in [0.15, 0.2) is 41.6 Å². The third-order valence-electron chi connectivity index (χ3n) is 4.71. The van der Waals surface area contributed by atoms with E-state index in [0.29, 0.717) is 11.1 Å². The molecule has 0 amide bonds. The summed E-state index contributed by atoms with van der Waals surface area (Å²) < 4.78 is 46.9. The van der Waals surface area contributed by atoms with Gasteiger partial charge in [-0.15, -0.1) is 0 Å². The number of esters is 1. The molecular formula is C19H14ClF3N2O5. The summed E-state index contributed by atoms with van der Waals surface area (Å²) >= 11 is 5.81. The van der Waals surface area contributed by atoms with E-state index in [2.05, 4.69) is 9.89 Å². The molecule has 0 radical (unpaired) electrons. The average Bonchev–Trinajstić information content (AvgIpc) is 3.13.